The molecule has 106 valence electrons. The zero-order valence-electron chi connectivity index (χ0n) is 9.27. The molecular weight excluding hydrogens is 311 g/mol. The number of carbonyl (C=O) groups is 1. The van der Waals surface area contributed by atoms with Gasteiger partial charge in [0.15, 0.2) is 10.5 Å². The molecule has 1 aromatic carbocycles. The minimum atomic E-state index is -5.01. The predicted octanol–water partition coefficient (Wildman–Crippen LogP) is 4.01. The minimum Gasteiger partial charge on any atom is -0.292 e. The molecule has 19 heavy (non-hydrogen) atoms. The van der Waals surface area contributed by atoms with Crippen LogP contribution in [0.2, 0.25) is 0 Å². The van der Waals surface area contributed by atoms with Crippen molar-refractivity contribution in [1.29, 1.82) is 0 Å². The molecule has 0 saturated carbocycles. The fraction of sp³-hybridized carbons (Fsp3) is 0.364. The number of hydrogen-bond donors (Lipinski definition) is 1. The molecular formula is C11H8ClF5OS. The van der Waals surface area contributed by atoms with Crippen molar-refractivity contribution >= 4 is 30.0 Å². The smallest absolute Gasteiger partial charge is 0.292 e. The summed E-state index contributed by atoms with van der Waals surface area (Å²) < 4.78 is 61.6. The van der Waals surface area contributed by atoms with Crippen molar-refractivity contribution in [3.63, 3.8) is 0 Å². The second-order valence-electron chi connectivity index (χ2n) is 3.75. The van der Waals surface area contributed by atoms with E-state index in [9.17, 15) is 26.7 Å². The average molecular weight is 319 g/mol. The Hall–Kier alpha value is -0.820. The molecule has 0 fully saturated rings. The van der Waals surface area contributed by atoms with Crippen LogP contribution in [0.1, 0.15) is 16.8 Å². The number of thiol groups is 1. The van der Waals surface area contributed by atoms with Gasteiger partial charge < -0.3 is 0 Å². The number of rotatable bonds is 4. The summed E-state index contributed by atoms with van der Waals surface area (Å²) in [7, 11) is 0. The topological polar surface area (TPSA) is 17.1 Å². The Morgan fingerprint density at radius 1 is 1.26 bits per heavy atom. The third kappa shape index (κ3) is 3.20. The predicted molar refractivity (Wildman–Crippen MR) is 63.8 cm³/mol. The van der Waals surface area contributed by atoms with Crippen molar-refractivity contribution in [3.8, 4) is 0 Å². The van der Waals surface area contributed by atoms with Crippen LogP contribution in [0.4, 0.5) is 22.0 Å². The van der Waals surface area contributed by atoms with Crippen molar-refractivity contribution in [2.24, 2.45) is 0 Å². The van der Waals surface area contributed by atoms with Crippen LogP contribution in [0.25, 0.3) is 0 Å². The lowest BCUT2D eigenvalue weighted by Gasteiger charge is -2.29. The molecule has 0 saturated heterocycles. The van der Waals surface area contributed by atoms with Gasteiger partial charge in [-0.05, 0) is 18.6 Å². The second kappa shape index (κ2) is 5.66. The lowest BCUT2D eigenvalue weighted by molar-refractivity contribution is -0.147. The van der Waals surface area contributed by atoms with Crippen LogP contribution in [0, 0.1) is 11.6 Å². The summed E-state index contributed by atoms with van der Waals surface area (Å²) in [5.74, 6) is -4.45. The molecule has 1 rings (SSSR count). The van der Waals surface area contributed by atoms with Crippen molar-refractivity contribution in [1.82, 2.24) is 0 Å². The summed E-state index contributed by atoms with van der Waals surface area (Å²) in [5.41, 5.74) is -0.876. The van der Waals surface area contributed by atoms with Gasteiger partial charge in [0.05, 0.1) is 5.56 Å². The van der Waals surface area contributed by atoms with E-state index in [0.29, 0.717) is 18.2 Å². The van der Waals surface area contributed by atoms with E-state index in [-0.39, 0.29) is 0 Å². The lowest BCUT2D eigenvalue weighted by Crippen LogP contribution is -2.48. The number of benzene rings is 1. The largest absolute Gasteiger partial charge is 0.410 e. The van der Waals surface area contributed by atoms with E-state index in [1.54, 1.807) is 0 Å². The third-order valence-corrected chi connectivity index (χ3v) is 3.35. The molecule has 0 amide bonds. The van der Waals surface area contributed by atoms with Crippen LogP contribution >= 0.6 is 24.2 Å². The summed E-state index contributed by atoms with van der Waals surface area (Å²) in [6, 6.07) is 1.68. The summed E-state index contributed by atoms with van der Waals surface area (Å²) >= 11 is 8.57. The first-order valence-electron chi connectivity index (χ1n) is 4.98. The Morgan fingerprint density at radius 2 is 1.84 bits per heavy atom. The SMILES string of the molecule is O=C(c1ccc(F)cc1F)C(S)(CCCl)C(F)(F)F. The van der Waals surface area contributed by atoms with Crippen LogP contribution in [0.5, 0.6) is 0 Å². The van der Waals surface area contributed by atoms with Gasteiger partial charge in [0.2, 0.25) is 0 Å². The van der Waals surface area contributed by atoms with E-state index in [1.165, 1.54) is 0 Å². The van der Waals surface area contributed by atoms with Crippen molar-refractivity contribution in [2.45, 2.75) is 17.3 Å². The van der Waals surface area contributed by atoms with Crippen LogP contribution in [-0.2, 0) is 0 Å². The number of carbonyl (C=O) groups excluding carboxylic acids is 1. The molecule has 1 unspecified atom stereocenters. The molecule has 0 aliphatic carbocycles. The van der Waals surface area contributed by atoms with Gasteiger partial charge in [-0.25, -0.2) is 8.78 Å². The van der Waals surface area contributed by atoms with Crippen molar-refractivity contribution in [3.05, 3.63) is 35.4 Å². The van der Waals surface area contributed by atoms with Gasteiger partial charge in [0.25, 0.3) is 0 Å². The van der Waals surface area contributed by atoms with Crippen LogP contribution in [0.3, 0.4) is 0 Å². The highest BCUT2D eigenvalue weighted by Gasteiger charge is 2.57. The van der Waals surface area contributed by atoms with Crippen molar-refractivity contribution < 1.29 is 26.7 Å². The van der Waals surface area contributed by atoms with E-state index < -0.39 is 46.2 Å². The molecule has 0 N–H and O–H groups in total. The van der Waals surface area contributed by atoms with E-state index in [1.807, 2.05) is 0 Å². The maximum atomic E-state index is 13.4. The number of Topliss-reactive ketones (excluding diaryl/α,β-unsaturated/α-hetero) is 1. The standard InChI is InChI=1S/C11H8ClF5OS/c12-4-3-10(19,11(15,16)17)9(18)7-2-1-6(13)5-8(7)14/h1-2,5,19H,3-4H2. The molecule has 0 heterocycles. The first kappa shape index (κ1) is 16.2. The molecule has 0 aliphatic heterocycles. The monoisotopic (exact) mass is 318 g/mol. The fourth-order valence-electron chi connectivity index (χ4n) is 1.42. The van der Waals surface area contributed by atoms with Gasteiger partial charge in [0.1, 0.15) is 11.6 Å². The second-order valence-corrected chi connectivity index (χ2v) is 4.89. The summed E-state index contributed by atoms with van der Waals surface area (Å²) in [5, 5.41) is 0. The molecule has 1 aromatic rings. The number of alkyl halides is 4. The molecule has 0 bridgehead atoms. The van der Waals surface area contributed by atoms with Gasteiger partial charge >= 0.3 is 6.18 Å². The Labute approximate surface area is 116 Å². The van der Waals surface area contributed by atoms with E-state index in [2.05, 4.69) is 12.6 Å². The van der Waals surface area contributed by atoms with E-state index >= 15 is 0 Å². The van der Waals surface area contributed by atoms with Crippen LogP contribution < -0.4 is 0 Å². The zero-order valence-corrected chi connectivity index (χ0v) is 10.9. The maximum absolute atomic E-state index is 13.4. The molecule has 0 aliphatic rings. The normalized spacial score (nSPS) is 15.1. The summed E-state index contributed by atoms with van der Waals surface area (Å²) in [6.07, 6.45) is -5.83. The maximum Gasteiger partial charge on any atom is 0.410 e. The quantitative estimate of drug-likeness (QED) is 0.384. The average Bonchev–Trinajstić information content (AvgIpc) is 2.27. The highest BCUT2D eigenvalue weighted by molar-refractivity contribution is 7.83. The van der Waals surface area contributed by atoms with E-state index in [4.69, 9.17) is 11.6 Å². The Kier molecular flexibility index (Phi) is 4.84. The number of halogens is 6. The Balaban J connectivity index is 3.28. The Morgan fingerprint density at radius 3 is 2.26 bits per heavy atom. The molecule has 1 atom stereocenters. The van der Waals surface area contributed by atoms with E-state index in [0.717, 1.165) is 0 Å². The molecule has 0 spiro atoms. The van der Waals surface area contributed by atoms with Gasteiger partial charge in [-0.3, -0.25) is 4.79 Å². The van der Waals surface area contributed by atoms with Crippen LogP contribution in [-0.4, -0.2) is 22.6 Å². The van der Waals surface area contributed by atoms with Gasteiger partial charge in [0, 0.05) is 11.9 Å². The van der Waals surface area contributed by atoms with Crippen LogP contribution in [0.15, 0.2) is 18.2 Å². The minimum absolute atomic E-state index is 0.332. The molecule has 0 radical (unpaired) electrons. The lowest BCUT2D eigenvalue weighted by atomic mass is 9.93. The van der Waals surface area contributed by atoms with Crippen molar-refractivity contribution in [2.75, 3.05) is 5.88 Å². The summed E-state index contributed by atoms with van der Waals surface area (Å²) in [6.45, 7) is 0. The fourth-order valence-corrected chi connectivity index (χ4v) is 2.06. The molecule has 0 aromatic heterocycles. The Bertz CT molecular complexity index is 490. The molecule has 1 nitrogen and oxygen atoms in total. The third-order valence-electron chi connectivity index (χ3n) is 2.48. The highest BCUT2D eigenvalue weighted by Crippen LogP contribution is 2.41. The zero-order chi connectivity index (χ0) is 14.8. The summed E-state index contributed by atoms with van der Waals surface area (Å²) in [4.78, 5) is 11.8. The van der Waals surface area contributed by atoms with Gasteiger partial charge in [-0.2, -0.15) is 25.8 Å². The highest BCUT2D eigenvalue weighted by atomic mass is 35.5. The molecule has 8 heteroatoms. The first-order chi connectivity index (χ1) is 8.63. The number of ketones is 1. The van der Waals surface area contributed by atoms with Gasteiger partial charge in [-0.15, -0.1) is 11.6 Å². The van der Waals surface area contributed by atoms with Gasteiger partial charge in [-0.1, -0.05) is 0 Å². The first-order valence-corrected chi connectivity index (χ1v) is 5.96. The number of hydrogen-bond acceptors (Lipinski definition) is 2.